The minimum atomic E-state index is 0.0658. The third kappa shape index (κ3) is 3.33. The van der Waals surface area contributed by atoms with Crippen LogP contribution in [0.2, 0.25) is 0 Å². The van der Waals surface area contributed by atoms with Crippen molar-refractivity contribution in [3.63, 3.8) is 0 Å². The average molecular weight is 276 g/mol. The van der Waals surface area contributed by atoms with Gasteiger partial charge in [-0.3, -0.25) is 4.90 Å². The fourth-order valence-electron chi connectivity index (χ4n) is 2.96. The SMILES string of the molecule is CCOc1ccc(C(C)N)cc1CN1CCCC1(C)C. The van der Waals surface area contributed by atoms with Gasteiger partial charge in [-0.15, -0.1) is 0 Å². The molecule has 1 atom stereocenters. The Morgan fingerprint density at radius 1 is 1.40 bits per heavy atom. The van der Waals surface area contributed by atoms with Gasteiger partial charge in [0.25, 0.3) is 0 Å². The lowest BCUT2D eigenvalue weighted by Gasteiger charge is -2.32. The van der Waals surface area contributed by atoms with Gasteiger partial charge in [-0.25, -0.2) is 0 Å². The molecule has 2 rings (SSSR count). The number of likely N-dealkylation sites (tertiary alicyclic amines) is 1. The van der Waals surface area contributed by atoms with E-state index in [9.17, 15) is 0 Å². The van der Waals surface area contributed by atoms with Crippen molar-refractivity contribution < 1.29 is 4.74 Å². The molecule has 0 amide bonds. The smallest absolute Gasteiger partial charge is 0.123 e. The van der Waals surface area contributed by atoms with Gasteiger partial charge in [0, 0.05) is 23.7 Å². The van der Waals surface area contributed by atoms with Crippen molar-refractivity contribution in [1.29, 1.82) is 0 Å². The number of hydrogen-bond donors (Lipinski definition) is 1. The minimum Gasteiger partial charge on any atom is -0.494 e. The molecule has 0 aromatic heterocycles. The molecule has 1 unspecified atom stereocenters. The Bertz CT molecular complexity index is 454. The van der Waals surface area contributed by atoms with Crippen molar-refractivity contribution in [3.05, 3.63) is 29.3 Å². The first-order valence-corrected chi connectivity index (χ1v) is 7.70. The van der Waals surface area contributed by atoms with E-state index in [1.807, 2.05) is 13.8 Å². The second-order valence-corrected chi connectivity index (χ2v) is 6.43. The summed E-state index contributed by atoms with van der Waals surface area (Å²) in [5, 5.41) is 0. The van der Waals surface area contributed by atoms with Crippen LogP contribution in [0.5, 0.6) is 5.75 Å². The van der Waals surface area contributed by atoms with Gasteiger partial charge < -0.3 is 10.5 Å². The molecule has 1 heterocycles. The van der Waals surface area contributed by atoms with Gasteiger partial charge in [0.2, 0.25) is 0 Å². The number of nitrogens with two attached hydrogens (primary N) is 1. The highest BCUT2D eigenvalue weighted by Gasteiger charge is 2.32. The maximum absolute atomic E-state index is 6.01. The van der Waals surface area contributed by atoms with Crippen LogP contribution in [0.15, 0.2) is 18.2 Å². The Balaban J connectivity index is 2.25. The quantitative estimate of drug-likeness (QED) is 0.895. The molecule has 0 bridgehead atoms. The van der Waals surface area contributed by atoms with E-state index in [2.05, 4.69) is 36.9 Å². The van der Waals surface area contributed by atoms with Crippen LogP contribution < -0.4 is 10.5 Å². The molecule has 0 spiro atoms. The summed E-state index contributed by atoms with van der Waals surface area (Å²) < 4.78 is 5.78. The predicted molar refractivity (Wildman–Crippen MR) is 83.9 cm³/mol. The number of nitrogens with zero attached hydrogens (tertiary/aromatic N) is 1. The van der Waals surface area contributed by atoms with Crippen LogP contribution in [0.1, 0.15) is 57.7 Å². The number of ether oxygens (including phenoxy) is 1. The van der Waals surface area contributed by atoms with Gasteiger partial charge in [-0.05, 0) is 64.8 Å². The number of hydrogen-bond acceptors (Lipinski definition) is 3. The normalized spacial score (nSPS) is 20.1. The zero-order valence-corrected chi connectivity index (χ0v) is 13.3. The molecule has 20 heavy (non-hydrogen) atoms. The van der Waals surface area contributed by atoms with E-state index >= 15 is 0 Å². The molecule has 1 fully saturated rings. The summed E-state index contributed by atoms with van der Waals surface area (Å²) in [6.45, 7) is 11.5. The first-order chi connectivity index (χ1) is 9.44. The standard InChI is InChI=1S/C17H28N2O/c1-5-20-16-8-7-14(13(2)18)11-15(16)12-19-10-6-9-17(19,3)4/h7-8,11,13H,5-6,9-10,12,18H2,1-4H3. The Kier molecular flexibility index (Phi) is 4.71. The van der Waals surface area contributed by atoms with E-state index in [1.54, 1.807) is 0 Å². The number of rotatable bonds is 5. The Morgan fingerprint density at radius 2 is 2.15 bits per heavy atom. The maximum atomic E-state index is 6.01. The molecule has 1 saturated heterocycles. The lowest BCUT2D eigenvalue weighted by atomic mass is 10.00. The first kappa shape index (κ1) is 15.3. The van der Waals surface area contributed by atoms with E-state index in [4.69, 9.17) is 10.5 Å². The minimum absolute atomic E-state index is 0.0658. The molecular weight excluding hydrogens is 248 g/mol. The lowest BCUT2D eigenvalue weighted by molar-refractivity contribution is 0.164. The third-order valence-corrected chi connectivity index (χ3v) is 4.34. The molecule has 3 nitrogen and oxygen atoms in total. The summed E-state index contributed by atoms with van der Waals surface area (Å²) >= 11 is 0. The van der Waals surface area contributed by atoms with Gasteiger partial charge in [0.1, 0.15) is 5.75 Å². The number of benzene rings is 1. The fourth-order valence-corrected chi connectivity index (χ4v) is 2.96. The molecule has 0 radical (unpaired) electrons. The zero-order valence-electron chi connectivity index (χ0n) is 13.3. The van der Waals surface area contributed by atoms with Gasteiger partial charge in [-0.1, -0.05) is 6.07 Å². The molecule has 0 saturated carbocycles. The van der Waals surface area contributed by atoms with Gasteiger partial charge in [0.05, 0.1) is 6.61 Å². The average Bonchev–Trinajstić information content (AvgIpc) is 2.71. The summed E-state index contributed by atoms with van der Waals surface area (Å²) in [5.41, 5.74) is 8.74. The molecule has 0 aliphatic carbocycles. The molecule has 1 aromatic rings. The molecule has 1 aliphatic rings. The Labute approximate surface area is 123 Å². The van der Waals surface area contributed by atoms with Crippen molar-refractivity contribution in [2.75, 3.05) is 13.2 Å². The molecule has 1 aliphatic heterocycles. The van der Waals surface area contributed by atoms with E-state index in [1.165, 1.54) is 30.5 Å². The van der Waals surface area contributed by atoms with E-state index in [-0.39, 0.29) is 11.6 Å². The molecule has 112 valence electrons. The van der Waals surface area contributed by atoms with Crippen LogP contribution in [0.4, 0.5) is 0 Å². The summed E-state index contributed by atoms with van der Waals surface area (Å²) in [6.07, 6.45) is 2.55. The monoisotopic (exact) mass is 276 g/mol. The summed E-state index contributed by atoms with van der Waals surface area (Å²) in [5.74, 6) is 1.000. The van der Waals surface area contributed by atoms with Crippen molar-refractivity contribution >= 4 is 0 Å². The van der Waals surface area contributed by atoms with Crippen LogP contribution in [-0.2, 0) is 6.54 Å². The van der Waals surface area contributed by atoms with E-state index in [0.29, 0.717) is 6.61 Å². The third-order valence-electron chi connectivity index (χ3n) is 4.34. The first-order valence-electron chi connectivity index (χ1n) is 7.70. The van der Waals surface area contributed by atoms with Crippen molar-refractivity contribution in [2.24, 2.45) is 5.73 Å². The predicted octanol–water partition coefficient (Wildman–Crippen LogP) is 3.48. The zero-order chi connectivity index (χ0) is 14.8. The van der Waals surface area contributed by atoms with Crippen molar-refractivity contribution in [1.82, 2.24) is 4.90 Å². The Morgan fingerprint density at radius 3 is 2.70 bits per heavy atom. The largest absolute Gasteiger partial charge is 0.494 e. The summed E-state index contributed by atoms with van der Waals surface area (Å²) in [7, 11) is 0. The molecule has 3 heteroatoms. The van der Waals surface area contributed by atoms with Crippen molar-refractivity contribution in [2.45, 2.75) is 58.7 Å². The Hall–Kier alpha value is -1.06. The summed E-state index contributed by atoms with van der Waals surface area (Å²) in [4.78, 5) is 2.55. The molecular formula is C17H28N2O. The molecule has 2 N–H and O–H groups in total. The van der Waals surface area contributed by atoms with Crippen LogP contribution in [0.3, 0.4) is 0 Å². The van der Waals surface area contributed by atoms with Crippen LogP contribution in [0.25, 0.3) is 0 Å². The fraction of sp³-hybridized carbons (Fsp3) is 0.647. The van der Waals surface area contributed by atoms with Crippen LogP contribution in [0, 0.1) is 0 Å². The highest BCUT2D eigenvalue weighted by molar-refractivity contribution is 5.38. The van der Waals surface area contributed by atoms with Crippen LogP contribution in [-0.4, -0.2) is 23.6 Å². The lowest BCUT2D eigenvalue weighted by Crippen LogP contribution is -2.37. The molecule has 1 aromatic carbocycles. The maximum Gasteiger partial charge on any atom is 0.123 e. The van der Waals surface area contributed by atoms with E-state index < -0.39 is 0 Å². The van der Waals surface area contributed by atoms with Gasteiger partial charge in [0.15, 0.2) is 0 Å². The highest BCUT2D eigenvalue weighted by Crippen LogP contribution is 2.32. The van der Waals surface area contributed by atoms with Crippen LogP contribution >= 0.6 is 0 Å². The van der Waals surface area contributed by atoms with Crippen molar-refractivity contribution in [3.8, 4) is 5.75 Å². The van der Waals surface area contributed by atoms with Gasteiger partial charge >= 0.3 is 0 Å². The second kappa shape index (κ2) is 6.15. The summed E-state index contributed by atoms with van der Waals surface area (Å²) in [6, 6.07) is 6.43. The second-order valence-electron chi connectivity index (χ2n) is 6.43. The topological polar surface area (TPSA) is 38.5 Å². The van der Waals surface area contributed by atoms with E-state index in [0.717, 1.165) is 12.3 Å². The van der Waals surface area contributed by atoms with Gasteiger partial charge in [-0.2, -0.15) is 0 Å². The highest BCUT2D eigenvalue weighted by atomic mass is 16.5.